The van der Waals surface area contributed by atoms with Gasteiger partial charge in [-0.2, -0.15) is 0 Å². The highest BCUT2D eigenvalue weighted by atomic mass is 16.5. The maximum Gasteiger partial charge on any atom is 0.326 e. The molecule has 0 bridgehead atoms. The summed E-state index contributed by atoms with van der Waals surface area (Å²) in [4.78, 5) is 16.4. The number of ether oxygens (including phenoxy) is 1. The Balaban J connectivity index is 2.41. The second-order valence-electron chi connectivity index (χ2n) is 4.74. The zero-order valence-corrected chi connectivity index (χ0v) is 12.1. The summed E-state index contributed by atoms with van der Waals surface area (Å²) in [5, 5.41) is 0. The van der Waals surface area contributed by atoms with Gasteiger partial charge in [-0.1, -0.05) is 19.4 Å². The first kappa shape index (κ1) is 14.4. The second kappa shape index (κ2) is 6.41. The van der Waals surface area contributed by atoms with Crippen LogP contribution in [-0.4, -0.2) is 22.1 Å². The molecular formula is C15H21N3O2. The second-order valence-corrected chi connectivity index (χ2v) is 4.74. The van der Waals surface area contributed by atoms with Crippen LogP contribution in [0.15, 0.2) is 18.2 Å². The fourth-order valence-electron chi connectivity index (χ4n) is 2.25. The van der Waals surface area contributed by atoms with Gasteiger partial charge in [0.1, 0.15) is 17.9 Å². The van der Waals surface area contributed by atoms with E-state index in [4.69, 9.17) is 10.5 Å². The van der Waals surface area contributed by atoms with Gasteiger partial charge < -0.3 is 15.0 Å². The Hall–Kier alpha value is -2.04. The summed E-state index contributed by atoms with van der Waals surface area (Å²) in [6.07, 6.45) is 2.95. The van der Waals surface area contributed by atoms with Gasteiger partial charge in [0.05, 0.1) is 17.8 Å². The van der Waals surface area contributed by atoms with Gasteiger partial charge >= 0.3 is 5.97 Å². The van der Waals surface area contributed by atoms with Crippen LogP contribution in [0, 0.1) is 0 Å². The summed E-state index contributed by atoms with van der Waals surface area (Å²) >= 11 is 0. The van der Waals surface area contributed by atoms with Gasteiger partial charge in [-0.05, 0) is 25.5 Å². The molecule has 0 amide bonds. The van der Waals surface area contributed by atoms with Crippen molar-refractivity contribution in [1.82, 2.24) is 9.55 Å². The number of aromatic nitrogens is 2. The summed E-state index contributed by atoms with van der Waals surface area (Å²) in [7, 11) is 0. The molecule has 1 heterocycles. The summed E-state index contributed by atoms with van der Waals surface area (Å²) in [6, 6.07) is 5.64. The number of hydrogen-bond acceptors (Lipinski definition) is 4. The van der Waals surface area contributed by atoms with Crippen molar-refractivity contribution in [3.05, 3.63) is 24.0 Å². The number of rotatable bonds is 6. The lowest BCUT2D eigenvalue weighted by Crippen LogP contribution is -2.15. The largest absolute Gasteiger partial charge is 0.465 e. The third-order valence-corrected chi connectivity index (χ3v) is 3.24. The monoisotopic (exact) mass is 275 g/mol. The number of benzene rings is 1. The van der Waals surface area contributed by atoms with Crippen molar-refractivity contribution in [1.29, 1.82) is 0 Å². The number of nitrogens with zero attached hydrogens (tertiary/aromatic N) is 2. The maximum atomic E-state index is 11.8. The molecule has 0 unspecified atom stereocenters. The third kappa shape index (κ3) is 2.92. The molecule has 108 valence electrons. The van der Waals surface area contributed by atoms with Gasteiger partial charge in [-0.15, -0.1) is 0 Å². The number of aryl methyl sites for hydroxylation is 1. The molecule has 2 aromatic rings. The highest BCUT2D eigenvalue weighted by Crippen LogP contribution is 2.22. The van der Waals surface area contributed by atoms with Crippen LogP contribution in [0.2, 0.25) is 0 Å². The minimum absolute atomic E-state index is 0.187. The van der Waals surface area contributed by atoms with Crippen LogP contribution < -0.4 is 5.73 Å². The fourth-order valence-corrected chi connectivity index (χ4v) is 2.25. The summed E-state index contributed by atoms with van der Waals surface area (Å²) < 4.78 is 6.95. The van der Waals surface area contributed by atoms with E-state index in [1.54, 1.807) is 6.92 Å². The fraction of sp³-hybridized carbons (Fsp3) is 0.467. The number of hydrogen-bond donors (Lipinski definition) is 1. The SMILES string of the molecule is CCCCc1nc2c(N)cccc2n1CC(=O)OCC. The number of esters is 1. The molecule has 0 saturated heterocycles. The van der Waals surface area contributed by atoms with Crippen LogP contribution in [0.1, 0.15) is 32.5 Å². The number of nitrogen functional groups attached to an aromatic ring is 1. The molecular weight excluding hydrogens is 254 g/mol. The van der Waals surface area contributed by atoms with E-state index in [0.717, 1.165) is 36.1 Å². The average molecular weight is 275 g/mol. The van der Waals surface area contributed by atoms with Gasteiger partial charge in [0.15, 0.2) is 0 Å². The Labute approximate surface area is 118 Å². The van der Waals surface area contributed by atoms with Gasteiger partial charge in [0.2, 0.25) is 0 Å². The Morgan fingerprint density at radius 3 is 2.90 bits per heavy atom. The molecule has 0 aliphatic carbocycles. The highest BCUT2D eigenvalue weighted by Gasteiger charge is 2.15. The molecule has 5 heteroatoms. The van der Waals surface area contributed by atoms with Crippen LogP contribution in [0.5, 0.6) is 0 Å². The summed E-state index contributed by atoms with van der Waals surface area (Å²) in [5.41, 5.74) is 8.27. The zero-order chi connectivity index (χ0) is 14.5. The van der Waals surface area contributed by atoms with E-state index in [1.165, 1.54) is 0 Å². The highest BCUT2D eigenvalue weighted by molar-refractivity contribution is 5.88. The standard InChI is InChI=1S/C15H21N3O2/c1-3-5-9-13-17-15-11(16)7-6-8-12(15)18(13)10-14(19)20-4-2/h6-8H,3-5,9-10,16H2,1-2H3. The first-order valence-corrected chi connectivity index (χ1v) is 7.06. The zero-order valence-electron chi connectivity index (χ0n) is 12.1. The topological polar surface area (TPSA) is 70.1 Å². The van der Waals surface area contributed by atoms with E-state index in [2.05, 4.69) is 11.9 Å². The number of carbonyl (C=O) groups excluding carboxylic acids is 1. The predicted molar refractivity (Wildman–Crippen MR) is 79.4 cm³/mol. The van der Waals surface area contributed by atoms with Crippen molar-refractivity contribution in [3.8, 4) is 0 Å². The van der Waals surface area contributed by atoms with E-state index in [-0.39, 0.29) is 12.5 Å². The molecule has 0 atom stereocenters. The van der Waals surface area contributed by atoms with Crippen molar-refractivity contribution in [3.63, 3.8) is 0 Å². The molecule has 1 aromatic carbocycles. The number of unbranched alkanes of at least 4 members (excludes halogenated alkanes) is 1. The Morgan fingerprint density at radius 1 is 1.40 bits per heavy atom. The van der Waals surface area contributed by atoms with Gasteiger partial charge in [-0.3, -0.25) is 4.79 Å². The number of carbonyl (C=O) groups is 1. The van der Waals surface area contributed by atoms with Crippen LogP contribution in [-0.2, 0) is 22.5 Å². The van der Waals surface area contributed by atoms with Crippen LogP contribution in [0.4, 0.5) is 5.69 Å². The van der Waals surface area contributed by atoms with Crippen molar-refractivity contribution >= 4 is 22.7 Å². The normalized spacial score (nSPS) is 10.9. The molecule has 0 radical (unpaired) electrons. The lowest BCUT2D eigenvalue weighted by Gasteiger charge is -2.08. The van der Waals surface area contributed by atoms with E-state index in [1.807, 2.05) is 22.8 Å². The van der Waals surface area contributed by atoms with Gasteiger partial charge in [0, 0.05) is 6.42 Å². The van der Waals surface area contributed by atoms with Crippen molar-refractivity contribution < 1.29 is 9.53 Å². The number of imidazole rings is 1. The van der Waals surface area contributed by atoms with E-state index in [9.17, 15) is 4.79 Å². The van der Waals surface area contributed by atoms with E-state index in [0.29, 0.717) is 12.3 Å². The van der Waals surface area contributed by atoms with Crippen molar-refractivity contribution in [2.45, 2.75) is 39.7 Å². The number of para-hydroxylation sites is 1. The van der Waals surface area contributed by atoms with E-state index < -0.39 is 0 Å². The average Bonchev–Trinajstić information content (AvgIpc) is 2.77. The van der Waals surface area contributed by atoms with Crippen LogP contribution in [0.25, 0.3) is 11.0 Å². The number of anilines is 1. The molecule has 2 N–H and O–H groups in total. The molecule has 20 heavy (non-hydrogen) atoms. The van der Waals surface area contributed by atoms with Crippen molar-refractivity contribution in [2.75, 3.05) is 12.3 Å². The van der Waals surface area contributed by atoms with Crippen LogP contribution >= 0.6 is 0 Å². The Morgan fingerprint density at radius 2 is 2.20 bits per heavy atom. The molecule has 0 spiro atoms. The van der Waals surface area contributed by atoms with E-state index >= 15 is 0 Å². The van der Waals surface area contributed by atoms with Crippen LogP contribution in [0.3, 0.4) is 0 Å². The first-order chi connectivity index (χ1) is 9.67. The summed E-state index contributed by atoms with van der Waals surface area (Å²) in [6.45, 7) is 4.51. The molecule has 0 aliphatic heterocycles. The van der Waals surface area contributed by atoms with Crippen molar-refractivity contribution in [2.24, 2.45) is 0 Å². The molecule has 0 saturated carbocycles. The number of nitrogens with two attached hydrogens (primary N) is 1. The maximum absolute atomic E-state index is 11.8. The molecule has 0 aliphatic rings. The lowest BCUT2D eigenvalue weighted by atomic mass is 10.2. The molecule has 5 nitrogen and oxygen atoms in total. The van der Waals surface area contributed by atoms with Gasteiger partial charge in [0.25, 0.3) is 0 Å². The quantitative estimate of drug-likeness (QED) is 0.649. The predicted octanol–water partition coefficient (Wildman–Crippen LogP) is 2.52. The minimum Gasteiger partial charge on any atom is -0.465 e. The Bertz CT molecular complexity index is 604. The molecule has 2 rings (SSSR count). The first-order valence-electron chi connectivity index (χ1n) is 7.06. The molecule has 0 fully saturated rings. The third-order valence-electron chi connectivity index (χ3n) is 3.24. The Kier molecular flexibility index (Phi) is 4.61. The lowest BCUT2D eigenvalue weighted by molar-refractivity contribution is -0.143. The molecule has 1 aromatic heterocycles. The smallest absolute Gasteiger partial charge is 0.326 e. The number of fused-ring (bicyclic) bond motifs is 1. The summed E-state index contributed by atoms with van der Waals surface area (Å²) in [5.74, 6) is 0.653. The minimum atomic E-state index is -0.244. The van der Waals surface area contributed by atoms with Gasteiger partial charge in [-0.25, -0.2) is 4.98 Å².